The van der Waals surface area contributed by atoms with E-state index in [0.29, 0.717) is 10.9 Å². The Labute approximate surface area is 120 Å². The van der Waals surface area contributed by atoms with Gasteiger partial charge in [0.2, 0.25) is 0 Å². The van der Waals surface area contributed by atoms with Gasteiger partial charge in [0.1, 0.15) is 0 Å². The SMILES string of the molecule is Cc1ccc(C(=O)Cn2ccc3sccc3c2=O)cc1. The van der Waals surface area contributed by atoms with Crippen LogP contribution in [-0.2, 0) is 6.54 Å². The first-order valence-electron chi connectivity index (χ1n) is 6.32. The number of fused-ring (bicyclic) bond motifs is 1. The van der Waals surface area contributed by atoms with E-state index in [9.17, 15) is 9.59 Å². The number of hydrogen-bond acceptors (Lipinski definition) is 3. The van der Waals surface area contributed by atoms with Gasteiger partial charge in [0.15, 0.2) is 5.78 Å². The van der Waals surface area contributed by atoms with Gasteiger partial charge in [-0.2, -0.15) is 0 Å². The molecule has 0 radical (unpaired) electrons. The van der Waals surface area contributed by atoms with Crippen molar-refractivity contribution >= 4 is 27.2 Å². The van der Waals surface area contributed by atoms with Crippen LogP contribution < -0.4 is 5.56 Å². The number of hydrogen-bond donors (Lipinski definition) is 0. The fraction of sp³-hybridized carbons (Fsp3) is 0.125. The Morgan fingerprint density at radius 3 is 2.65 bits per heavy atom. The van der Waals surface area contributed by atoms with Crippen LogP contribution in [0.15, 0.2) is 52.8 Å². The smallest absolute Gasteiger partial charge is 0.259 e. The molecule has 0 saturated carbocycles. The lowest BCUT2D eigenvalue weighted by atomic mass is 10.1. The normalized spacial score (nSPS) is 10.8. The minimum Gasteiger partial charge on any atom is -0.307 e. The van der Waals surface area contributed by atoms with E-state index in [1.807, 2.05) is 30.5 Å². The number of pyridine rings is 1. The molecule has 0 bridgehead atoms. The van der Waals surface area contributed by atoms with E-state index in [1.54, 1.807) is 24.4 Å². The molecular formula is C16H13NO2S. The van der Waals surface area contributed by atoms with Crippen molar-refractivity contribution in [3.8, 4) is 0 Å². The molecule has 100 valence electrons. The van der Waals surface area contributed by atoms with Crippen molar-refractivity contribution in [1.29, 1.82) is 0 Å². The first-order valence-corrected chi connectivity index (χ1v) is 7.19. The number of aromatic nitrogens is 1. The van der Waals surface area contributed by atoms with Crippen LogP contribution in [-0.4, -0.2) is 10.4 Å². The van der Waals surface area contributed by atoms with Crippen LogP contribution in [0.3, 0.4) is 0 Å². The largest absolute Gasteiger partial charge is 0.307 e. The molecule has 0 fully saturated rings. The number of carbonyl (C=O) groups is 1. The van der Waals surface area contributed by atoms with Crippen LogP contribution in [0.2, 0.25) is 0 Å². The van der Waals surface area contributed by atoms with Crippen molar-refractivity contribution in [2.75, 3.05) is 0 Å². The molecule has 0 aliphatic rings. The predicted octanol–water partition coefficient (Wildman–Crippen LogP) is 3.25. The molecule has 2 heterocycles. The van der Waals surface area contributed by atoms with Crippen molar-refractivity contribution in [1.82, 2.24) is 4.57 Å². The summed E-state index contributed by atoms with van der Waals surface area (Å²) < 4.78 is 2.42. The van der Waals surface area contributed by atoms with Gasteiger partial charge in [-0.15, -0.1) is 11.3 Å². The molecule has 0 spiro atoms. The highest BCUT2D eigenvalue weighted by Crippen LogP contribution is 2.16. The Morgan fingerprint density at radius 1 is 1.15 bits per heavy atom. The molecule has 1 aromatic carbocycles. The second-order valence-corrected chi connectivity index (χ2v) is 5.68. The predicted molar refractivity (Wildman–Crippen MR) is 81.6 cm³/mol. The summed E-state index contributed by atoms with van der Waals surface area (Å²) in [5.74, 6) is -0.0540. The lowest BCUT2D eigenvalue weighted by Gasteiger charge is -2.05. The summed E-state index contributed by atoms with van der Waals surface area (Å²) >= 11 is 1.53. The zero-order valence-corrected chi connectivity index (χ0v) is 11.8. The first-order chi connectivity index (χ1) is 9.65. The average Bonchev–Trinajstić information content (AvgIpc) is 2.92. The molecule has 0 unspecified atom stereocenters. The Kier molecular flexibility index (Phi) is 3.24. The second kappa shape index (κ2) is 5.06. The molecule has 0 atom stereocenters. The van der Waals surface area contributed by atoms with Crippen LogP contribution in [0.4, 0.5) is 0 Å². The van der Waals surface area contributed by atoms with Gasteiger partial charge in [-0.05, 0) is 24.4 Å². The van der Waals surface area contributed by atoms with E-state index in [4.69, 9.17) is 0 Å². The topological polar surface area (TPSA) is 39.1 Å². The Balaban J connectivity index is 1.93. The number of nitrogens with zero attached hydrogens (tertiary/aromatic N) is 1. The zero-order valence-electron chi connectivity index (χ0n) is 11.0. The molecule has 0 amide bonds. The summed E-state index contributed by atoms with van der Waals surface area (Å²) in [7, 11) is 0. The minimum absolute atomic E-state index is 0.0540. The summed E-state index contributed by atoms with van der Waals surface area (Å²) in [6.45, 7) is 2.05. The molecular weight excluding hydrogens is 270 g/mol. The van der Waals surface area contributed by atoms with Crippen molar-refractivity contribution < 1.29 is 4.79 Å². The lowest BCUT2D eigenvalue weighted by Crippen LogP contribution is -2.23. The van der Waals surface area contributed by atoms with E-state index in [1.165, 1.54) is 15.9 Å². The molecule has 20 heavy (non-hydrogen) atoms. The fourth-order valence-corrected chi connectivity index (χ4v) is 2.89. The number of rotatable bonds is 3. The van der Waals surface area contributed by atoms with E-state index in [2.05, 4.69) is 0 Å². The summed E-state index contributed by atoms with van der Waals surface area (Å²) in [6.07, 6.45) is 1.69. The molecule has 0 aliphatic carbocycles. The quantitative estimate of drug-likeness (QED) is 0.692. The maximum absolute atomic E-state index is 12.2. The highest BCUT2D eigenvalue weighted by Gasteiger charge is 2.09. The van der Waals surface area contributed by atoms with E-state index in [0.717, 1.165) is 10.3 Å². The standard InChI is InChI=1S/C16H13NO2S/c1-11-2-4-12(5-3-11)14(18)10-17-8-6-15-13(16(17)19)7-9-20-15/h2-9H,10H2,1H3. The van der Waals surface area contributed by atoms with Gasteiger partial charge in [-0.1, -0.05) is 29.8 Å². The highest BCUT2D eigenvalue weighted by molar-refractivity contribution is 7.17. The summed E-state index contributed by atoms with van der Waals surface area (Å²) in [5, 5.41) is 2.56. The number of thiophene rings is 1. The summed E-state index contributed by atoms with van der Waals surface area (Å²) in [5.41, 5.74) is 1.63. The number of carbonyl (C=O) groups excluding carboxylic acids is 1. The number of ketones is 1. The van der Waals surface area contributed by atoms with Crippen LogP contribution in [0.5, 0.6) is 0 Å². The monoisotopic (exact) mass is 283 g/mol. The third kappa shape index (κ3) is 2.30. The van der Waals surface area contributed by atoms with E-state index < -0.39 is 0 Å². The van der Waals surface area contributed by atoms with Crippen molar-refractivity contribution in [2.24, 2.45) is 0 Å². The maximum atomic E-state index is 12.2. The molecule has 2 aromatic heterocycles. The lowest BCUT2D eigenvalue weighted by molar-refractivity contribution is 0.0971. The minimum atomic E-state index is -0.107. The Hall–Kier alpha value is -2.20. The van der Waals surface area contributed by atoms with Crippen LogP contribution >= 0.6 is 11.3 Å². The number of benzene rings is 1. The summed E-state index contributed by atoms with van der Waals surface area (Å²) in [4.78, 5) is 24.4. The third-order valence-electron chi connectivity index (χ3n) is 3.28. The highest BCUT2D eigenvalue weighted by atomic mass is 32.1. The van der Waals surface area contributed by atoms with Gasteiger partial charge >= 0.3 is 0 Å². The van der Waals surface area contributed by atoms with Crippen LogP contribution in [0.25, 0.3) is 10.1 Å². The van der Waals surface area contributed by atoms with Gasteiger partial charge < -0.3 is 4.57 Å². The first kappa shape index (κ1) is 12.8. The van der Waals surface area contributed by atoms with Crippen molar-refractivity contribution in [3.63, 3.8) is 0 Å². The maximum Gasteiger partial charge on any atom is 0.259 e. The summed E-state index contributed by atoms with van der Waals surface area (Å²) in [6, 6.07) is 11.1. The van der Waals surface area contributed by atoms with E-state index >= 15 is 0 Å². The number of aryl methyl sites for hydroxylation is 1. The van der Waals surface area contributed by atoms with Crippen molar-refractivity contribution in [3.05, 3.63) is 69.5 Å². The molecule has 3 rings (SSSR count). The number of Topliss-reactive ketones (excluding diaryl/α,β-unsaturated/α-hetero) is 1. The van der Waals surface area contributed by atoms with Gasteiger partial charge in [-0.25, -0.2) is 0 Å². The van der Waals surface area contributed by atoms with Crippen LogP contribution in [0.1, 0.15) is 15.9 Å². The second-order valence-electron chi connectivity index (χ2n) is 4.74. The van der Waals surface area contributed by atoms with Gasteiger partial charge in [0, 0.05) is 16.5 Å². The Morgan fingerprint density at radius 2 is 1.90 bits per heavy atom. The molecule has 0 saturated heterocycles. The average molecular weight is 283 g/mol. The van der Waals surface area contributed by atoms with Gasteiger partial charge in [0.05, 0.1) is 11.9 Å². The van der Waals surface area contributed by atoms with Crippen LogP contribution in [0, 0.1) is 6.92 Å². The Bertz CT molecular complexity index is 828. The van der Waals surface area contributed by atoms with E-state index in [-0.39, 0.29) is 17.9 Å². The molecule has 3 nitrogen and oxygen atoms in total. The fourth-order valence-electron chi connectivity index (χ4n) is 2.12. The van der Waals surface area contributed by atoms with Crippen molar-refractivity contribution in [2.45, 2.75) is 13.5 Å². The zero-order chi connectivity index (χ0) is 14.1. The molecule has 4 heteroatoms. The third-order valence-corrected chi connectivity index (χ3v) is 4.16. The molecule has 0 N–H and O–H groups in total. The molecule has 3 aromatic rings. The molecule has 0 aliphatic heterocycles. The van der Waals surface area contributed by atoms with Gasteiger partial charge in [-0.3, -0.25) is 9.59 Å². The van der Waals surface area contributed by atoms with Gasteiger partial charge in [0.25, 0.3) is 5.56 Å².